The van der Waals surface area contributed by atoms with Gasteiger partial charge in [0, 0.05) is 11.6 Å². The molecule has 0 radical (unpaired) electrons. The van der Waals surface area contributed by atoms with E-state index in [0.29, 0.717) is 17.4 Å². The number of hydrogen-bond donors (Lipinski definition) is 0. The second-order valence-electron chi connectivity index (χ2n) is 6.43. The minimum absolute atomic E-state index is 0.282. The first kappa shape index (κ1) is 20.1. The molecule has 1 aliphatic rings. The van der Waals surface area contributed by atoms with Crippen molar-refractivity contribution in [2.24, 2.45) is 5.92 Å². The summed E-state index contributed by atoms with van der Waals surface area (Å²) in [4.78, 5) is 10.8. The molecule has 0 N–H and O–H groups in total. The van der Waals surface area contributed by atoms with E-state index in [1.165, 1.54) is 24.3 Å². The highest BCUT2D eigenvalue weighted by atomic mass is 19.4. The Kier molecular flexibility index (Phi) is 6.16. The van der Waals surface area contributed by atoms with Crippen LogP contribution in [0, 0.1) is 17.6 Å². The van der Waals surface area contributed by atoms with E-state index in [0.717, 1.165) is 31.9 Å². The molecule has 140 valence electrons. The monoisotopic (exact) mass is 370 g/mol. The van der Waals surface area contributed by atoms with Crippen molar-refractivity contribution in [3.63, 3.8) is 0 Å². The molecule has 2 aromatic rings. The van der Waals surface area contributed by atoms with Gasteiger partial charge in [-0.25, -0.2) is 8.78 Å². The average molecular weight is 370 g/mol. The first-order chi connectivity index (χ1) is 12.1. The molecule has 0 unspecified atom stereocenters. The maximum atomic E-state index is 13.3. The molecular weight excluding hydrogens is 351 g/mol. The van der Waals surface area contributed by atoms with Gasteiger partial charge >= 0.3 is 6.18 Å². The zero-order chi connectivity index (χ0) is 19.5. The van der Waals surface area contributed by atoms with Crippen LogP contribution in [0.5, 0.6) is 0 Å². The zero-order valence-corrected chi connectivity index (χ0v) is 14.4. The lowest BCUT2D eigenvalue weighted by Gasteiger charge is -2.34. The molecule has 0 bridgehead atoms. The Hall–Kier alpha value is -2.24. The Morgan fingerprint density at radius 2 is 1.69 bits per heavy atom. The molecule has 0 aromatic heterocycles. The highest BCUT2D eigenvalue weighted by molar-refractivity contribution is 5.95. The van der Waals surface area contributed by atoms with Crippen molar-refractivity contribution in [1.29, 1.82) is 0 Å². The lowest BCUT2D eigenvalue weighted by molar-refractivity contribution is -0.137. The number of benzene rings is 2. The molecule has 26 heavy (non-hydrogen) atoms. The Bertz CT molecular complexity index is 782. The van der Waals surface area contributed by atoms with Crippen molar-refractivity contribution < 1.29 is 26.7 Å². The third-order valence-electron chi connectivity index (χ3n) is 4.59. The van der Waals surface area contributed by atoms with Crippen LogP contribution >= 0.6 is 0 Å². The first-order valence-electron chi connectivity index (χ1n) is 8.23. The molecule has 1 fully saturated rings. The summed E-state index contributed by atoms with van der Waals surface area (Å²) in [5.41, 5.74) is -0.474. The second kappa shape index (κ2) is 7.98. The third kappa shape index (κ3) is 4.68. The van der Waals surface area contributed by atoms with Crippen molar-refractivity contribution in [2.45, 2.75) is 38.8 Å². The van der Waals surface area contributed by atoms with Crippen LogP contribution in [-0.4, -0.2) is 5.78 Å². The molecule has 1 aliphatic carbocycles. The van der Waals surface area contributed by atoms with Gasteiger partial charge in [0.05, 0.1) is 5.56 Å². The third-order valence-corrected chi connectivity index (χ3v) is 4.59. The van der Waals surface area contributed by atoms with Crippen LogP contribution < -0.4 is 0 Å². The van der Waals surface area contributed by atoms with E-state index in [4.69, 9.17) is 0 Å². The Morgan fingerprint density at radius 3 is 2.12 bits per heavy atom. The van der Waals surface area contributed by atoms with E-state index in [1.54, 1.807) is 6.07 Å². The Labute approximate surface area is 148 Å². The van der Waals surface area contributed by atoms with E-state index in [2.05, 4.69) is 6.92 Å². The van der Waals surface area contributed by atoms with Gasteiger partial charge in [-0.15, -0.1) is 0 Å². The second-order valence-corrected chi connectivity index (χ2v) is 6.43. The summed E-state index contributed by atoms with van der Waals surface area (Å²) in [5, 5.41) is 0. The minimum atomic E-state index is -4.46. The summed E-state index contributed by atoms with van der Waals surface area (Å²) in [6.45, 7) is 3.22. The molecule has 2 atom stereocenters. The molecule has 0 aliphatic heterocycles. The molecule has 1 saturated carbocycles. The molecule has 0 amide bonds. The van der Waals surface area contributed by atoms with Crippen molar-refractivity contribution in [3.05, 3.63) is 70.8 Å². The van der Waals surface area contributed by atoms with Gasteiger partial charge in [0.2, 0.25) is 0 Å². The maximum absolute atomic E-state index is 13.3. The highest BCUT2D eigenvalue weighted by Crippen LogP contribution is 2.42. The number of alkyl halides is 3. The number of hydrogen-bond acceptors (Lipinski definition) is 1. The largest absolute Gasteiger partial charge is 0.417 e. The summed E-state index contributed by atoms with van der Waals surface area (Å²) in [5.74, 6) is -0.613. The normalized spacial score (nSPS) is 19.2. The summed E-state index contributed by atoms with van der Waals surface area (Å²) in [7, 11) is 0. The van der Waals surface area contributed by atoms with Crippen molar-refractivity contribution in [3.8, 4) is 0 Å². The Morgan fingerprint density at radius 1 is 1.04 bits per heavy atom. The molecule has 2 aromatic carbocycles. The summed E-state index contributed by atoms with van der Waals surface area (Å²) in [6.07, 6.45) is -2.27. The van der Waals surface area contributed by atoms with Crippen molar-refractivity contribution in [1.82, 2.24) is 0 Å². The van der Waals surface area contributed by atoms with Crippen LogP contribution in [0.4, 0.5) is 22.0 Å². The number of carbonyl (C=O) groups excluding carboxylic acids is 1. The molecular formula is C20H19F5O. The van der Waals surface area contributed by atoms with E-state index >= 15 is 0 Å². The predicted octanol–water partition coefficient (Wildman–Crippen LogP) is 6.39. The van der Waals surface area contributed by atoms with E-state index in [-0.39, 0.29) is 5.56 Å². The van der Waals surface area contributed by atoms with Gasteiger partial charge in [-0.1, -0.05) is 31.2 Å². The average Bonchev–Trinajstić information content (AvgIpc) is 2.55. The first-order valence-corrected chi connectivity index (χ1v) is 8.23. The van der Waals surface area contributed by atoms with Gasteiger partial charge in [0.1, 0.15) is 11.6 Å². The lowest BCUT2D eigenvalue weighted by Crippen LogP contribution is -2.21. The summed E-state index contributed by atoms with van der Waals surface area (Å²) < 4.78 is 62.6. The zero-order valence-electron chi connectivity index (χ0n) is 14.4. The fourth-order valence-corrected chi connectivity index (χ4v) is 2.97. The molecule has 0 spiro atoms. The number of rotatable bonds is 2. The van der Waals surface area contributed by atoms with Crippen LogP contribution in [0.15, 0.2) is 42.5 Å². The predicted molar refractivity (Wildman–Crippen MR) is 88.9 cm³/mol. The Balaban J connectivity index is 0.000000187. The van der Waals surface area contributed by atoms with E-state index in [9.17, 15) is 26.7 Å². The number of Topliss-reactive ketones (excluding diaryl/α,β-unsaturated/α-hetero) is 1. The number of ketones is 1. The maximum Gasteiger partial charge on any atom is 0.417 e. The van der Waals surface area contributed by atoms with Crippen LogP contribution in [-0.2, 0) is 6.18 Å². The van der Waals surface area contributed by atoms with Gasteiger partial charge in [-0.05, 0) is 49.3 Å². The lowest BCUT2D eigenvalue weighted by atomic mass is 9.71. The SMILES string of the molecule is CC(=O)c1ccccc1C(F)(F)F.C[C@@H]1CC[C@@H]1c1ccc(F)cc1F. The van der Waals surface area contributed by atoms with E-state index in [1.807, 2.05) is 0 Å². The van der Waals surface area contributed by atoms with Gasteiger partial charge < -0.3 is 0 Å². The van der Waals surface area contributed by atoms with Crippen molar-refractivity contribution >= 4 is 5.78 Å². The van der Waals surface area contributed by atoms with E-state index < -0.39 is 29.2 Å². The van der Waals surface area contributed by atoms with Crippen LogP contribution in [0.3, 0.4) is 0 Å². The molecule has 0 heterocycles. The number of carbonyl (C=O) groups is 1. The molecule has 3 rings (SSSR count). The topological polar surface area (TPSA) is 17.1 Å². The molecule has 1 nitrogen and oxygen atoms in total. The highest BCUT2D eigenvalue weighted by Gasteiger charge is 2.33. The smallest absolute Gasteiger partial charge is 0.294 e. The van der Waals surface area contributed by atoms with Crippen molar-refractivity contribution in [2.75, 3.05) is 0 Å². The van der Waals surface area contributed by atoms with Gasteiger partial charge in [0.25, 0.3) is 0 Å². The van der Waals surface area contributed by atoms with Crippen LogP contribution in [0.2, 0.25) is 0 Å². The molecule has 0 saturated heterocycles. The van der Waals surface area contributed by atoms with Crippen LogP contribution in [0.1, 0.15) is 54.1 Å². The summed E-state index contributed by atoms with van der Waals surface area (Å²) in [6, 6.07) is 8.62. The minimum Gasteiger partial charge on any atom is -0.294 e. The van der Waals surface area contributed by atoms with Gasteiger partial charge in [0.15, 0.2) is 5.78 Å². The van der Waals surface area contributed by atoms with Crippen LogP contribution in [0.25, 0.3) is 0 Å². The number of halogens is 5. The van der Waals surface area contributed by atoms with Gasteiger partial charge in [-0.2, -0.15) is 13.2 Å². The fraction of sp³-hybridized carbons (Fsp3) is 0.350. The summed E-state index contributed by atoms with van der Waals surface area (Å²) >= 11 is 0. The fourth-order valence-electron chi connectivity index (χ4n) is 2.97. The van der Waals surface area contributed by atoms with Gasteiger partial charge in [-0.3, -0.25) is 4.79 Å². The quantitative estimate of drug-likeness (QED) is 0.442. The standard InChI is InChI=1S/C11H12F2.C9H7F3O/c1-7-2-4-9(7)10-5-3-8(12)6-11(10)13;1-6(13)7-4-2-3-5-8(7)9(10,11)12/h3,5-7,9H,2,4H2,1H3;2-5H,1H3/t7-,9+;/m1./s1. The molecule has 6 heteroatoms.